The van der Waals surface area contributed by atoms with Gasteiger partial charge in [-0.15, -0.1) is 11.3 Å². The van der Waals surface area contributed by atoms with Crippen LogP contribution in [0.25, 0.3) is 0 Å². The molecule has 25 heavy (non-hydrogen) atoms. The van der Waals surface area contributed by atoms with Crippen LogP contribution in [0.1, 0.15) is 58.3 Å². The average molecular weight is 406 g/mol. The minimum atomic E-state index is -3.53. The molecule has 0 aromatic carbocycles. The monoisotopic (exact) mass is 405 g/mol. The molecule has 0 saturated heterocycles. The maximum Gasteiger partial charge on any atom is 0.250 e. The number of thiophene rings is 1. The molecule has 3 unspecified atom stereocenters. The van der Waals surface area contributed by atoms with Crippen molar-refractivity contribution in [3.05, 3.63) is 16.5 Å². The minimum Gasteiger partial charge on any atom is -0.381 e. The fraction of sp³-hybridized carbons (Fsp3) is 0.778. The van der Waals surface area contributed by atoms with E-state index in [0.717, 1.165) is 62.9 Å². The first-order valence-corrected chi connectivity index (χ1v) is 12.0. The summed E-state index contributed by atoms with van der Waals surface area (Å²) in [4.78, 5) is 0. The van der Waals surface area contributed by atoms with Crippen LogP contribution in [0.3, 0.4) is 0 Å². The summed E-state index contributed by atoms with van der Waals surface area (Å²) in [5, 5.41) is 0. The normalized spacial score (nSPS) is 29.7. The number of nitrogens with one attached hydrogen (secondary N) is 1. The molecule has 3 atom stereocenters. The molecule has 1 aromatic rings. The molecule has 1 N–H and O–H groups in total. The average Bonchev–Trinajstić information content (AvgIpc) is 3.08. The van der Waals surface area contributed by atoms with Crippen molar-refractivity contribution >= 4 is 33.0 Å². The van der Waals surface area contributed by atoms with Gasteiger partial charge in [-0.2, -0.15) is 0 Å². The van der Waals surface area contributed by atoms with Gasteiger partial charge in [0.2, 0.25) is 10.0 Å². The molecule has 0 spiro atoms. The van der Waals surface area contributed by atoms with E-state index in [0.29, 0.717) is 21.1 Å². The number of unbranched alkanes of at least 4 members (excludes halogenated alkanes) is 1. The van der Waals surface area contributed by atoms with E-state index in [9.17, 15) is 8.42 Å². The molecular formula is C18H28ClNO3S2. The number of ether oxygens (including phenoxy) is 1. The Morgan fingerprint density at radius 2 is 2.16 bits per heavy atom. The van der Waals surface area contributed by atoms with E-state index in [4.69, 9.17) is 16.3 Å². The third kappa shape index (κ3) is 4.41. The number of halogens is 1. The van der Waals surface area contributed by atoms with Crippen LogP contribution >= 0.6 is 22.9 Å². The lowest BCUT2D eigenvalue weighted by Crippen LogP contribution is -2.49. The van der Waals surface area contributed by atoms with Crippen molar-refractivity contribution in [2.75, 3.05) is 13.2 Å². The van der Waals surface area contributed by atoms with Crippen LogP contribution in [-0.2, 0) is 14.8 Å². The van der Waals surface area contributed by atoms with Crippen LogP contribution in [0.4, 0.5) is 0 Å². The topological polar surface area (TPSA) is 55.4 Å². The van der Waals surface area contributed by atoms with Gasteiger partial charge in [0, 0.05) is 18.1 Å². The summed E-state index contributed by atoms with van der Waals surface area (Å²) >= 11 is 7.06. The molecule has 1 heterocycles. The maximum atomic E-state index is 12.9. The highest BCUT2D eigenvalue weighted by Crippen LogP contribution is 2.50. The molecule has 3 rings (SSSR count). The zero-order valence-electron chi connectivity index (χ0n) is 14.8. The Morgan fingerprint density at radius 3 is 2.88 bits per heavy atom. The van der Waals surface area contributed by atoms with Crippen LogP contribution in [0.2, 0.25) is 4.34 Å². The second-order valence-corrected chi connectivity index (χ2v) is 11.1. The summed E-state index contributed by atoms with van der Waals surface area (Å²) in [7, 11) is -3.53. The van der Waals surface area contributed by atoms with Gasteiger partial charge in [-0.1, -0.05) is 37.8 Å². The molecule has 2 bridgehead atoms. The Kier molecular flexibility index (Phi) is 6.48. The van der Waals surface area contributed by atoms with Gasteiger partial charge in [0.05, 0.1) is 10.9 Å². The molecule has 2 saturated carbocycles. The van der Waals surface area contributed by atoms with Crippen LogP contribution in [0.15, 0.2) is 16.3 Å². The minimum absolute atomic E-state index is 0.0255. The zero-order valence-corrected chi connectivity index (χ0v) is 17.2. The first kappa shape index (κ1) is 19.6. The maximum absolute atomic E-state index is 12.9. The number of hydrogen-bond donors (Lipinski definition) is 1. The lowest BCUT2D eigenvalue weighted by Gasteiger charge is -2.36. The predicted octanol–water partition coefficient (Wildman–Crippen LogP) is 4.84. The molecule has 142 valence electrons. The SMILES string of the molecule is CCCCOCC12CCCCC(CC1)C2NS(=O)(=O)c1ccc(Cl)s1. The second kappa shape index (κ2) is 8.26. The van der Waals surface area contributed by atoms with Gasteiger partial charge in [0.15, 0.2) is 0 Å². The summed E-state index contributed by atoms with van der Waals surface area (Å²) in [6.45, 7) is 3.59. The van der Waals surface area contributed by atoms with Crippen LogP contribution in [-0.4, -0.2) is 27.7 Å². The second-order valence-electron chi connectivity index (χ2n) is 7.47. The quantitative estimate of drug-likeness (QED) is 0.630. The van der Waals surface area contributed by atoms with E-state index < -0.39 is 10.0 Å². The van der Waals surface area contributed by atoms with E-state index in [2.05, 4.69) is 11.6 Å². The summed E-state index contributed by atoms with van der Waals surface area (Å²) in [6, 6.07) is 3.22. The number of hydrogen-bond acceptors (Lipinski definition) is 4. The summed E-state index contributed by atoms with van der Waals surface area (Å²) in [5.74, 6) is 0.419. The summed E-state index contributed by atoms with van der Waals surface area (Å²) < 4.78 is 35.6. The molecule has 2 fully saturated rings. The lowest BCUT2D eigenvalue weighted by atomic mass is 9.79. The third-order valence-corrected chi connectivity index (χ3v) is 8.94. The molecule has 1 aromatic heterocycles. The lowest BCUT2D eigenvalue weighted by molar-refractivity contribution is 0.0265. The highest BCUT2D eigenvalue weighted by molar-refractivity contribution is 7.91. The van der Waals surface area contributed by atoms with Crippen molar-refractivity contribution in [2.24, 2.45) is 11.3 Å². The van der Waals surface area contributed by atoms with Gasteiger partial charge in [0.25, 0.3) is 0 Å². The van der Waals surface area contributed by atoms with E-state index in [1.54, 1.807) is 12.1 Å². The van der Waals surface area contributed by atoms with Crippen molar-refractivity contribution in [1.29, 1.82) is 0 Å². The van der Waals surface area contributed by atoms with Crippen molar-refractivity contribution in [1.82, 2.24) is 4.72 Å². The smallest absolute Gasteiger partial charge is 0.250 e. The highest BCUT2D eigenvalue weighted by atomic mass is 35.5. The molecule has 2 aliphatic carbocycles. The Balaban J connectivity index is 1.78. The molecule has 0 amide bonds. The first-order valence-electron chi connectivity index (χ1n) is 9.32. The fourth-order valence-electron chi connectivity index (χ4n) is 4.41. The van der Waals surface area contributed by atoms with E-state index >= 15 is 0 Å². The molecule has 0 aliphatic heterocycles. The van der Waals surface area contributed by atoms with Crippen LogP contribution in [0.5, 0.6) is 0 Å². The standard InChI is InChI=1S/C18H28ClNO3S2/c1-2-3-12-23-13-18-10-5-4-6-14(9-11-18)17(18)20-25(21,22)16-8-7-15(19)24-16/h7-8,14,17,20H,2-6,9-13H2,1H3. The molecular weight excluding hydrogens is 378 g/mol. The van der Waals surface area contributed by atoms with Crippen LogP contribution in [0, 0.1) is 11.3 Å². The summed E-state index contributed by atoms with van der Waals surface area (Å²) in [6.07, 6.45) is 8.83. The Bertz CT molecular complexity index is 676. The Labute approximate surface area is 160 Å². The van der Waals surface area contributed by atoms with E-state index in [1.165, 1.54) is 6.42 Å². The van der Waals surface area contributed by atoms with Crippen molar-refractivity contribution < 1.29 is 13.2 Å². The van der Waals surface area contributed by atoms with Gasteiger partial charge in [0.1, 0.15) is 4.21 Å². The van der Waals surface area contributed by atoms with Gasteiger partial charge < -0.3 is 4.74 Å². The number of sulfonamides is 1. The number of fused-ring (bicyclic) bond motifs is 2. The van der Waals surface area contributed by atoms with E-state index in [1.807, 2.05) is 0 Å². The molecule has 4 nitrogen and oxygen atoms in total. The Hall–Kier alpha value is -0.140. The van der Waals surface area contributed by atoms with E-state index in [-0.39, 0.29) is 11.5 Å². The highest BCUT2D eigenvalue weighted by Gasteiger charge is 2.50. The van der Waals surface area contributed by atoms with Gasteiger partial charge in [-0.3, -0.25) is 0 Å². The summed E-state index contributed by atoms with van der Waals surface area (Å²) in [5.41, 5.74) is -0.0525. The third-order valence-electron chi connectivity index (χ3n) is 5.77. The molecule has 0 radical (unpaired) electrons. The van der Waals surface area contributed by atoms with Crippen LogP contribution < -0.4 is 4.72 Å². The van der Waals surface area contributed by atoms with Crippen molar-refractivity contribution in [2.45, 2.75) is 68.5 Å². The Morgan fingerprint density at radius 1 is 1.32 bits per heavy atom. The molecule has 2 aliphatic rings. The number of rotatable bonds is 8. The largest absolute Gasteiger partial charge is 0.381 e. The van der Waals surface area contributed by atoms with Crippen molar-refractivity contribution in [3.8, 4) is 0 Å². The predicted molar refractivity (Wildman–Crippen MR) is 103 cm³/mol. The van der Waals surface area contributed by atoms with Crippen molar-refractivity contribution in [3.63, 3.8) is 0 Å². The first-order chi connectivity index (χ1) is 12.0. The zero-order chi connectivity index (χ0) is 17.9. The van der Waals surface area contributed by atoms with Gasteiger partial charge in [-0.25, -0.2) is 13.1 Å². The van der Waals surface area contributed by atoms with Gasteiger partial charge >= 0.3 is 0 Å². The fourth-order valence-corrected chi connectivity index (χ4v) is 7.32. The van der Waals surface area contributed by atoms with Gasteiger partial charge in [-0.05, 0) is 50.2 Å². The molecule has 7 heteroatoms.